The molecule has 164 valence electrons. The Morgan fingerprint density at radius 1 is 1.00 bits per heavy atom. The minimum Gasteiger partial charge on any atom is -0.345 e. The number of aryl methyl sites for hydroxylation is 5. The number of amides is 1. The molecule has 2 aromatic heterocycles. The molecule has 0 saturated heterocycles. The lowest BCUT2D eigenvalue weighted by Crippen LogP contribution is -2.27. The van der Waals surface area contributed by atoms with Gasteiger partial charge in [0.2, 0.25) is 0 Å². The van der Waals surface area contributed by atoms with E-state index in [-0.39, 0.29) is 11.9 Å². The predicted molar refractivity (Wildman–Crippen MR) is 130 cm³/mol. The molecule has 0 aliphatic rings. The Balaban J connectivity index is 1.80. The van der Waals surface area contributed by atoms with Crippen molar-refractivity contribution in [1.29, 1.82) is 0 Å². The second kappa shape index (κ2) is 8.58. The highest BCUT2D eigenvalue weighted by molar-refractivity contribution is 6.07. The first-order valence-corrected chi connectivity index (χ1v) is 11.1. The minimum atomic E-state index is -0.115. The minimum absolute atomic E-state index is 0.114. The Labute approximate surface area is 189 Å². The van der Waals surface area contributed by atoms with Gasteiger partial charge in [-0.3, -0.25) is 4.79 Å². The van der Waals surface area contributed by atoms with E-state index in [2.05, 4.69) is 61.5 Å². The van der Waals surface area contributed by atoms with E-state index in [0.717, 1.165) is 33.5 Å². The summed E-state index contributed by atoms with van der Waals surface area (Å²) < 4.78 is 1.87. The van der Waals surface area contributed by atoms with Crippen LogP contribution in [0, 0.1) is 27.7 Å². The summed E-state index contributed by atoms with van der Waals surface area (Å²) in [6.45, 7) is 12.9. The Morgan fingerprint density at radius 2 is 1.69 bits per heavy atom. The van der Waals surface area contributed by atoms with E-state index in [1.54, 1.807) is 0 Å². The number of hydrogen-bond donors (Lipinski definition) is 1. The van der Waals surface area contributed by atoms with Gasteiger partial charge in [-0.15, -0.1) is 0 Å². The number of carbonyl (C=O) groups excluding carboxylic acids is 1. The zero-order chi connectivity index (χ0) is 23.0. The molecule has 4 aromatic rings. The molecule has 0 radical (unpaired) electrons. The zero-order valence-corrected chi connectivity index (χ0v) is 19.7. The molecule has 1 atom stereocenters. The second-order valence-corrected chi connectivity index (χ2v) is 8.58. The summed E-state index contributed by atoms with van der Waals surface area (Å²) in [5.74, 6) is -0.114. The van der Waals surface area contributed by atoms with E-state index >= 15 is 0 Å². The van der Waals surface area contributed by atoms with Crippen LogP contribution in [0.15, 0.2) is 48.5 Å². The molecule has 0 aliphatic carbocycles. The third kappa shape index (κ3) is 4.03. The van der Waals surface area contributed by atoms with Crippen LogP contribution in [0.3, 0.4) is 0 Å². The van der Waals surface area contributed by atoms with Crippen LogP contribution in [0.25, 0.3) is 22.3 Å². The molecule has 0 fully saturated rings. The van der Waals surface area contributed by atoms with Crippen LogP contribution in [0.4, 0.5) is 0 Å². The number of benzene rings is 2. The summed E-state index contributed by atoms with van der Waals surface area (Å²) in [5.41, 5.74) is 8.62. The summed E-state index contributed by atoms with van der Waals surface area (Å²) in [5, 5.41) is 8.65. The molecule has 2 heterocycles. The van der Waals surface area contributed by atoms with E-state index in [4.69, 9.17) is 4.98 Å². The molecule has 1 N–H and O–H groups in total. The van der Waals surface area contributed by atoms with Gasteiger partial charge in [-0.25, -0.2) is 9.67 Å². The average molecular weight is 427 g/mol. The molecular formula is C27H30N4O. The molecule has 0 spiro atoms. The number of fused-ring (bicyclic) bond motifs is 1. The van der Waals surface area contributed by atoms with E-state index in [0.29, 0.717) is 12.1 Å². The summed E-state index contributed by atoms with van der Waals surface area (Å²) in [4.78, 5) is 18.4. The molecular weight excluding hydrogens is 396 g/mol. The van der Waals surface area contributed by atoms with E-state index in [1.807, 2.05) is 43.7 Å². The highest BCUT2D eigenvalue weighted by Gasteiger charge is 2.21. The lowest BCUT2D eigenvalue weighted by atomic mass is 9.99. The number of pyridine rings is 1. The Hall–Kier alpha value is -3.47. The quantitative estimate of drug-likeness (QED) is 0.436. The summed E-state index contributed by atoms with van der Waals surface area (Å²) in [6, 6.07) is 16.3. The molecule has 32 heavy (non-hydrogen) atoms. The van der Waals surface area contributed by atoms with Crippen molar-refractivity contribution >= 4 is 16.9 Å². The monoisotopic (exact) mass is 426 g/mol. The largest absolute Gasteiger partial charge is 0.345 e. The third-order valence-electron chi connectivity index (χ3n) is 6.01. The molecule has 1 amide bonds. The maximum atomic E-state index is 13.5. The fraction of sp³-hybridized carbons (Fsp3) is 0.296. The van der Waals surface area contributed by atoms with Crippen molar-refractivity contribution in [3.8, 4) is 11.3 Å². The molecule has 0 saturated carbocycles. The molecule has 0 aliphatic heterocycles. The van der Waals surface area contributed by atoms with Crippen molar-refractivity contribution in [3.63, 3.8) is 0 Å². The maximum absolute atomic E-state index is 13.5. The first-order valence-electron chi connectivity index (χ1n) is 11.1. The summed E-state index contributed by atoms with van der Waals surface area (Å²) in [7, 11) is 0. The molecule has 5 heteroatoms. The van der Waals surface area contributed by atoms with E-state index < -0.39 is 0 Å². The maximum Gasteiger partial charge on any atom is 0.252 e. The van der Waals surface area contributed by atoms with Crippen molar-refractivity contribution in [2.24, 2.45) is 0 Å². The van der Waals surface area contributed by atoms with Gasteiger partial charge in [0.1, 0.15) is 0 Å². The fourth-order valence-electron chi connectivity index (χ4n) is 4.29. The lowest BCUT2D eigenvalue weighted by Gasteiger charge is -2.18. The summed E-state index contributed by atoms with van der Waals surface area (Å²) >= 11 is 0. The van der Waals surface area contributed by atoms with Crippen LogP contribution >= 0.6 is 0 Å². The molecule has 5 nitrogen and oxygen atoms in total. The molecule has 0 bridgehead atoms. The van der Waals surface area contributed by atoms with Gasteiger partial charge in [-0.1, -0.05) is 53.6 Å². The van der Waals surface area contributed by atoms with Gasteiger partial charge >= 0.3 is 0 Å². The number of rotatable bonds is 5. The van der Waals surface area contributed by atoms with Gasteiger partial charge in [0.25, 0.3) is 5.91 Å². The van der Waals surface area contributed by atoms with Crippen LogP contribution < -0.4 is 5.32 Å². The first-order chi connectivity index (χ1) is 15.3. The van der Waals surface area contributed by atoms with Crippen LogP contribution in [0.1, 0.15) is 58.2 Å². The number of carbonyl (C=O) groups is 1. The number of hydrogen-bond acceptors (Lipinski definition) is 3. The van der Waals surface area contributed by atoms with Gasteiger partial charge in [0, 0.05) is 12.1 Å². The van der Waals surface area contributed by atoms with Gasteiger partial charge < -0.3 is 5.32 Å². The second-order valence-electron chi connectivity index (χ2n) is 8.58. The third-order valence-corrected chi connectivity index (χ3v) is 6.01. The SMILES string of the molecule is CCn1nc(C)c2c(C(=O)N[C@@H](C)c3ccc(C)cc3C)cc(-c3ccc(C)cc3)nc21. The van der Waals surface area contributed by atoms with E-state index in [1.165, 1.54) is 16.7 Å². The molecule has 4 rings (SSSR count). The normalized spacial score (nSPS) is 12.2. The highest BCUT2D eigenvalue weighted by atomic mass is 16.1. The van der Waals surface area contributed by atoms with Crippen molar-refractivity contribution in [2.75, 3.05) is 0 Å². The van der Waals surface area contributed by atoms with Crippen LogP contribution in [0.2, 0.25) is 0 Å². The number of aromatic nitrogens is 3. The smallest absolute Gasteiger partial charge is 0.252 e. The van der Waals surface area contributed by atoms with Gasteiger partial charge in [0.05, 0.1) is 28.4 Å². The van der Waals surface area contributed by atoms with Gasteiger partial charge in [0.15, 0.2) is 5.65 Å². The van der Waals surface area contributed by atoms with Crippen molar-refractivity contribution < 1.29 is 4.79 Å². The topological polar surface area (TPSA) is 59.8 Å². The number of nitrogens with one attached hydrogen (secondary N) is 1. The van der Waals surface area contributed by atoms with E-state index in [9.17, 15) is 4.79 Å². The van der Waals surface area contributed by atoms with Crippen LogP contribution in [0.5, 0.6) is 0 Å². The standard InChI is InChI=1S/C27H30N4O/c1-7-31-26-25(20(6)30-31)23(15-24(29-26)21-11-8-16(2)9-12-21)27(32)28-19(5)22-13-10-17(3)14-18(22)4/h8-15,19H,7H2,1-6H3,(H,28,32)/t19-/m0/s1. The predicted octanol–water partition coefficient (Wildman–Crippen LogP) is 5.84. The lowest BCUT2D eigenvalue weighted by molar-refractivity contribution is 0.0941. The highest BCUT2D eigenvalue weighted by Crippen LogP contribution is 2.28. The van der Waals surface area contributed by atoms with Crippen molar-refractivity contribution in [3.05, 3.63) is 82.0 Å². The summed E-state index contributed by atoms with van der Waals surface area (Å²) in [6.07, 6.45) is 0. The fourth-order valence-corrected chi connectivity index (χ4v) is 4.29. The van der Waals surface area contributed by atoms with Gasteiger partial charge in [-0.2, -0.15) is 5.10 Å². The first kappa shape index (κ1) is 21.8. The van der Waals surface area contributed by atoms with Crippen LogP contribution in [-0.4, -0.2) is 20.7 Å². The Morgan fingerprint density at radius 3 is 2.34 bits per heavy atom. The molecule has 2 aromatic carbocycles. The van der Waals surface area contributed by atoms with Crippen molar-refractivity contribution in [1.82, 2.24) is 20.1 Å². The number of nitrogens with zero attached hydrogens (tertiary/aromatic N) is 3. The molecule has 0 unspecified atom stereocenters. The zero-order valence-electron chi connectivity index (χ0n) is 19.7. The van der Waals surface area contributed by atoms with Crippen LogP contribution in [-0.2, 0) is 6.54 Å². The van der Waals surface area contributed by atoms with Gasteiger partial charge in [-0.05, 0) is 58.7 Å². The Kier molecular flexibility index (Phi) is 5.83. The average Bonchev–Trinajstić information content (AvgIpc) is 3.09. The van der Waals surface area contributed by atoms with Crippen molar-refractivity contribution in [2.45, 2.75) is 54.1 Å². The Bertz CT molecular complexity index is 1300.